The molecule has 1 aliphatic heterocycles. The average molecular weight is 284 g/mol. The van der Waals surface area contributed by atoms with Gasteiger partial charge in [0.05, 0.1) is 0 Å². The van der Waals surface area contributed by atoms with Gasteiger partial charge in [0.25, 0.3) is 5.91 Å². The van der Waals surface area contributed by atoms with Gasteiger partial charge in [-0.3, -0.25) is 9.59 Å². The Morgan fingerprint density at radius 1 is 1.14 bits per heavy atom. The van der Waals surface area contributed by atoms with Crippen LogP contribution in [-0.4, -0.2) is 28.8 Å². The summed E-state index contributed by atoms with van der Waals surface area (Å²) in [7, 11) is 0. The van der Waals surface area contributed by atoms with Gasteiger partial charge >= 0.3 is 0 Å². The lowest BCUT2D eigenvalue weighted by Crippen LogP contribution is -2.61. The zero-order valence-corrected chi connectivity index (χ0v) is 12.2. The normalized spacial score (nSPS) is 26.2. The predicted octanol–water partition coefficient (Wildman–Crippen LogP) is 2.18. The van der Waals surface area contributed by atoms with E-state index >= 15 is 0 Å². The van der Waals surface area contributed by atoms with Gasteiger partial charge in [-0.05, 0) is 24.8 Å². The molecule has 1 aliphatic carbocycles. The van der Waals surface area contributed by atoms with Crippen LogP contribution in [0.5, 0.6) is 0 Å². The molecule has 2 unspecified atom stereocenters. The highest BCUT2D eigenvalue weighted by Crippen LogP contribution is 2.29. The molecule has 0 bridgehead atoms. The van der Waals surface area contributed by atoms with Gasteiger partial charge in [0.15, 0.2) is 0 Å². The molecule has 4 nitrogen and oxygen atoms in total. The molecule has 2 aliphatic rings. The second kappa shape index (κ2) is 5.72. The molecule has 1 N–H and O–H groups in total. The molecule has 110 valence electrons. The third-order valence-electron chi connectivity index (χ3n) is 4.32. The molecular formula is C17H20N2O2. The Labute approximate surface area is 124 Å². The van der Waals surface area contributed by atoms with Crippen LogP contribution >= 0.6 is 0 Å². The van der Waals surface area contributed by atoms with Gasteiger partial charge in [-0.25, -0.2) is 0 Å². The highest BCUT2D eigenvalue weighted by molar-refractivity contribution is 5.97. The van der Waals surface area contributed by atoms with Gasteiger partial charge in [-0.1, -0.05) is 49.4 Å². The molecule has 3 rings (SSSR count). The number of nitrogens with one attached hydrogen (secondary N) is 1. The molecule has 1 heterocycles. The van der Waals surface area contributed by atoms with Crippen LogP contribution in [0.15, 0.2) is 42.5 Å². The van der Waals surface area contributed by atoms with Gasteiger partial charge in [-0.15, -0.1) is 0 Å². The fraction of sp³-hybridized carbons (Fsp3) is 0.412. The van der Waals surface area contributed by atoms with Crippen LogP contribution in [-0.2, 0) is 9.59 Å². The van der Waals surface area contributed by atoms with Gasteiger partial charge in [0.2, 0.25) is 5.91 Å². The first-order valence-electron chi connectivity index (χ1n) is 7.55. The molecule has 0 spiro atoms. The lowest BCUT2D eigenvalue weighted by atomic mass is 9.96. The molecule has 1 fully saturated rings. The van der Waals surface area contributed by atoms with E-state index in [0.717, 1.165) is 18.4 Å². The van der Waals surface area contributed by atoms with E-state index in [0.29, 0.717) is 6.42 Å². The number of carbonyl (C=O) groups excluding carboxylic acids is 2. The minimum atomic E-state index is -0.554. The Morgan fingerprint density at radius 2 is 1.81 bits per heavy atom. The Hall–Kier alpha value is -2.10. The minimum absolute atomic E-state index is 0.0151. The van der Waals surface area contributed by atoms with Crippen molar-refractivity contribution in [1.82, 2.24) is 10.2 Å². The summed E-state index contributed by atoms with van der Waals surface area (Å²) in [5.41, 5.74) is 0.848. The van der Waals surface area contributed by atoms with Crippen LogP contribution in [0.25, 0.3) is 0 Å². The van der Waals surface area contributed by atoms with Gasteiger partial charge in [0.1, 0.15) is 12.1 Å². The van der Waals surface area contributed by atoms with Crippen molar-refractivity contribution >= 4 is 11.8 Å². The van der Waals surface area contributed by atoms with Crippen molar-refractivity contribution in [2.24, 2.45) is 0 Å². The standard InChI is InChI=1S/C17H20N2O2/c1-2-14-16(20)18-15(12-8-4-3-5-9-12)17(21)19(14)13-10-6-7-11-13/h3-9,13-15H,2,10-11H2,1H3,(H,18,20). The highest BCUT2D eigenvalue weighted by Gasteiger charge is 2.43. The van der Waals surface area contributed by atoms with E-state index in [-0.39, 0.29) is 23.9 Å². The summed E-state index contributed by atoms with van der Waals surface area (Å²) in [6.45, 7) is 1.95. The van der Waals surface area contributed by atoms with E-state index in [4.69, 9.17) is 0 Å². The second-order valence-electron chi connectivity index (χ2n) is 5.62. The summed E-state index contributed by atoms with van der Waals surface area (Å²) >= 11 is 0. The summed E-state index contributed by atoms with van der Waals surface area (Å²) < 4.78 is 0. The van der Waals surface area contributed by atoms with Crippen LogP contribution in [0.1, 0.15) is 37.8 Å². The Balaban J connectivity index is 1.92. The Bertz CT molecular complexity index is 559. The number of rotatable bonds is 3. The van der Waals surface area contributed by atoms with Gasteiger partial charge in [0, 0.05) is 6.04 Å². The topological polar surface area (TPSA) is 49.4 Å². The van der Waals surface area contributed by atoms with E-state index < -0.39 is 6.04 Å². The lowest BCUT2D eigenvalue weighted by molar-refractivity contribution is -0.152. The van der Waals surface area contributed by atoms with Gasteiger partial charge < -0.3 is 10.2 Å². The van der Waals surface area contributed by atoms with E-state index in [2.05, 4.69) is 17.5 Å². The highest BCUT2D eigenvalue weighted by atomic mass is 16.2. The van der Waals surface area contributed by atoms with E-state index in [1.54, 1.807) is 0 Å². The number of nitrogens with zero attached hydrogens (tertiary/aromatic N) is 1. The van der Waals surface area contributed by atoms with Crippen molar-refractivity contribution in [2.75, 3.05) is 0 Å². The molecule has 4 heteroatoms. The zero-order valence-electron chi connectivity index (χ0n) is 12.2. The molecule has 0 aromatic heterocycles. The molecule has 1 saturated heterocycles. The van der Waals surface area contributed by atoms with E-state index in [1.165, 1.54) is 0 Å². The first kappa shape index (κ1) is 13.9. The zero-order chi connectivity index (χ0) is 14.8. The molecule has 1 aromatic carbocycles. The molecule has 2 amide bonds. The van der Waals surface area contributed by atoms with Crippen molar-refractivity contribution in [3.05, 3.63) is 48.0 Å². The maximum atomic E-state index is 12.9. The maximum Gasteiger partial charge on any atom is 0.250 e. The third-order valence-corrected chi connectivity index (χ3v) is 4.32. The van der Waals surface area contributed by atoms with Crippen molar-refractivity contribution in [2.45, 2.75) is 44.3 Å². The van der Waals surface area contributed by atoms with Crippen molar-refractivity contribution < 1.29 is 9.59 Å². The number of amides is 2. The Kier molecular flexibility index (Phi) is 3.78. The molecule has 2 atom stereocenters. The largest absolute Gasteiger partial charge is 0.339 e. The number of hydrogen-bond acceptors (Lipinski definition) is 2. The van der Waals surface area contributed by atoms with Crippen molar-refractivity contribution in [1.29, 1.82) is 0 Å². The summed E-state index contributed by atoms with van der Waals surface area (Å²) in [4.78, 5) is 27.1. The fourth-order valence-corrected chi connectivity index (χ4v) is 3.25. The molecule has 21 heavy (non-hydrogen) atoms. The quantitative estimate of drug-likeness (QED) is 0.865. The minimum Gasteiger partial charge on any atom is -0.339 e. The number of carbonyl (C=O) groups is 2. The lowest BCUT2D eigenvalue weighted by Gasteiger charge is -2.42. The fourth-order valence-electron chi connectivity index (χ4n) is 3.25. The first-order chi connectivity index (χ1) is 10.2. The SMILES string of the molecule is CCC1C(=O)NC(c2ccccc2)C(=O)N1C1CC=CC1. The van der Waals surface area contributed by atoms with Crippen LogP contribution in [0.2, 0.25) is 0 Å². The number of benzene rings is 1. The molecule has 0 saturated carbocycles. The van der Waals surface area contributed by atoms with Crippen LogP contribution in [0.4, 0.5) is 0 Å². The van der Waals surface area contributed by atoms with Gasteiger partial charge in [-0.2, -0.15) is 0 Å². The third kappa shape index (κ3) is 2.46. The van der Waals surface area contributed by atoms with E-state index in [9.17, 15) is 9.59 Å². The molecule has 0 radical (unpaired) electrons. The number of hydrogen-bond donors (Lipinski definition) is 1. The summed E-state index contributed by atoms with van der Waals surface area (Å²) in [6, 6.07) is 8.70. The van der Waals surface area contributed by atoms with Crippen molar-refractivity contribution in [3.63, 3.8) is 0 Å². The van der Waals surface area contributed by atoms with Crippen molar-refractivity contribution in [3.8, 4) is 0 Å². The summed E-state index contributed by atoms with van der Waals surface area (Å²) in [6.07, 6.45) is 6.52. The van der Waals surface area contributed by atoms with Crippen LogP contribution in [0, 0.1) is 0 Å². The second-order valence-corrected chi connectivity index (χ2v) is 5.62. The maximum absolute atomic E-state index is 12.9. The summed E-state index contributed by atoms with van der Waals surface area (Å²) in [5.74, 6) is -0.0285. The van der Waals surface area contributed by atoms with Crippen LogP contribution < -0.4 is 5.32 Å². The van der Waals surface area contributed by atoms with E-state index in [1.807, 2.05) is 42.2 Å². The molecule has 1 aromatic rings. The monoisotopic (exact) mass is 284 g/mol. The smallest absolute Gasteiger partial charge is 0.250 e. The molecular weight excluding hydrogens is 264 g/mol. The first-order valence-corrected chi connectivity index (χ1v) is 7.55. The van der Waals surface area contributed by atoms with Crippen LogP contribution in [0.3, 0.4) is 0 Å². The average Bonchev–Trinajstić information content (AvgIpc) is 3.03. The predicted molar refractivity (Wildman–Crippen MR) is 80.4 cm³/mol. The Morgan fingerprint density at radius 3 is 2.43 bits per heavy atom. The summed E-state index contributed by atoms with van der Waals surface area (Å²) in [5, 5.41) is 2.89. The number of piperazine rings is 1.